The molecule has 0 bridgehead atoms. The minimum atomic E-state index is -0.856. The van der Waals surface area contributed by atoms with E-state index in [-0.39, 0.29) is 24.9 Å². The van der Waals surface area contributed by atoms with Crippen molar-refractivity contribution < 1.29 is 19.1 Å². The third-order valence-electron chi connectivity index (χ3n) is 7.65. The van der Waals surface area contributed by atoms with E-state index in [9.17, 15) is 14.4 Å². The van der Waals surface area contributed by atoms with Crippen LogP contribution in [0.3, 0.4) is 0 Å². The van der Waals surface area contributed by atoms with Crippen LogP contribution in [0.1, 0.15) is 41.8 Å². The van der Waals surface area contributed by atoms with Crippen molar-refractivity contribution in [1.82, 2.24) is 24.6 Å². The number of halogens is 1. The third-order valence-corrected chi connectivity index (χ3v) is 7.88. The predicted octanol–water partition coefficient (Wildman–Crippen LogP) is 6.01. The highest BCUT2D eigenvalue weighted by atomic mass is 35.5. The van der Waals surface area contributed by atoms with Gasteiger partial charge in [0.1, 0.15) is 24.1 Å². The Labute approximate surface area is 278 Å². The first-order valence-electron chi connectivity index (χ1n) is 15.3. The van der Waals surface area contributed by atoms with Crippen LogP contribution in [0.2, 0.25) is 5.02 Å². The highest BCUT2D eigenvalue weighted by Crippen LogP contribution is 2.30. The van der Waals surface area contributed by atoms with Gasteiger partial charge < -0.3 is 20.3 Å². The Bertz CT molecular complexity index is 1840. The lowest BCUT2D eigenvalue weighted by Gasteiger charge is -2.32. The molecule has 47 heavy (non-hydrogen) atoms. The number of rotatable bonds is 13. The standard InChI is InChI=1S/C36H37ClN6O4/c1-24(2)18-30(35(45)40-22-32(44)47-3)43(23-26-10-7-11-29(37)19-26)36(46)28-14-12-27(13-15-28)33-34(39-20-25-8-5-4-6-9-25)42-17-16-38-21-31(42)41-33/h4-17,19,21,24,30,39H,18,20,22-23H2,1-3H3,(H,40,45)/t30-/m0/s1. The van der Waals surface area contributed by atoms with Crippen LogP contribution in [0.15, 0.2) is 97.5 Å². The first-order chi connectivity index (χ1) is 22.7. The van der Waals surface area contributed by atoms with E-state index in [1.807, 2.05) is 60.8 Å². The topological polar surface area (TPSA) is 118 Å². The molecule has 0 aliphatic carbocycles. The van der Waals surface area contributed by atoms with Gasteiger partial charge in [-0.05, 0) is 47.7 Å². The second-order valence-electron chi connectivity index (χ2n) is 11.5. The van der Waals surface area contributed by atoms with Crippen LogP contribution in [-0.2, 0) is 27.4 Å². The summed E-state index contributed by atoms with van der Waals surface area (Å²) in [6.07, 6.45) is 5.63. The fourth-order valence-corrected chi connectivity index (χ4v) is 5.54. The molecule has 1 atom stereocenters. The minimum absolute atomic E-state index is 0.0762. The molecule has 10 nitrogen and oxygen atoms in total. The fourth-order valence-electron chi connectivity index (χ4n) is 5.32. The first-order valence-corrected chi connectivity index (χ1v) is 15.7. The van der Waals surface area contributed by atoms with Crippen molar-refractivity contribution in [3.63, 3.8) is 0 Å². The van der Waals surface area contributed by atoms with Crippen molar-refractivity contribution in [2.45, 2.75) is 39.4 Å². The molecule has 11 heteroatoms. The first kappa shape index (κ1) is 33.2. The summed E-state index contributed by atoms with van der Waals surface area (Å²) in [6.45, 7) is 4.38. The van der Waals surface area contributed by atoms with Gasteiger partial charge in [0.05, 0.1) is 13.3 Å². The van der Waals surface area contributed by atoms with E-state index in [4.69, 9.17) is 21.3 Å². The quantitative estimate of drug-likeness (QED) is 0.150. The summed E-state index contributed by atoms with van der Waals surface area (Å²) in [6, 6.07) is 23.6. The average molecular weight is 653 g/mol. The summed E-state index contributed by atoms with van der Waals surface area (Å²) in [7, 11) is 1.25. The number of hydrogen-bond acceptors (Lipinski definition) is 7. The Kier molecular flexibility index (Phi) is 10.8. The maximum atomic E-state index is 14.3. The maximum Gasteiger partial charge on any atom is 0.325 e. The summed E-state index contributed by atoms with van der Waals surface area (Å²) in [5.74, 6) is -0.481. The smallest absolute Gasteiger partial charge is 0.325 e. The van der Waals surface area contributed by atoms with Crippen molar-refractivity contribution in [3.05, 3.63) is 119 Å². The van der Waals surface area contributed by atoms with Crippen molar-refractivity contribution in [2.24, 2.45) is 5.92 Å². The van der Waals surface area contributed by atoms with Gasteiger partial charge >= 0.3 is 5.97 Å². The molecule has 3 aromatic carbocycles. The Hall–Kier alpha value is -5.22. The van der Waals surface area contributed by atoms with Gasteiger partial charge in [-0.1, -0.05) is 80.0 Å². The molecule has 0 aliphatic rings. The lowest BCUT2D eigenvalue weighted by atomic mass is 9.99. The molecule has 0 unspecified atom stereocenters. The van der Waals surface area contributed by atoms with Crippen molar-refractivity contribution >= 4 is 40.8 Å². The number of anilines is 1. The molecule has 5 aromatic rings. The summed E-state index contributed by atoms with van der Waals surface area (Å²) in [5, 5.41) is 6.68. The zero-order chi connectivity index (χ0) is 33.3. The number of esters is 1. The SMILES string of the molecule is COC(=O)CNC(=O)[C@H](CC(C)C)N(Cc1cccc(Cl)c1)C(=O)c1ccc(-c2nc3cnccn3c2NCc2ccccc2)cc1. The molecule has 2 amide bonds. The number of hydrogen-bond donors (Lipinski definition) is 2. The van der Waals surface area contributed by atoms with E-state index >= 15 is 0 Å². The molecule has 2 aromatic heterocycles. The maximum absolute atomic E-state index is 14.3. The number of fused-ring (bicyclic) bond motifs is 1. The number of nitrogens with one attached hydrogen (secondary N) is 2. The van der Waals surface area contributed by atoms with Crippen LogP contribution < -0.4 is 10.6 Å². The Morgan fingerprint density at radius 1 is 0.979 bits per heavy atom. The zero-order valence-corrected chi connectivity index (χ0v) is 27.3. The van der Waals surface area contributed by atoms with Crippen LogP contribution in [0.4, 0.5) is 5.82 Å². The number of nitrogens with zero attached hydrogens (tertiary/aromatic N) is 4. The van der Waals surface area contributed by atoms with Crippen LogP contribution in [-0.4, -0.2) is 56.7 Å². The van der Waals surface area contributed by atoms with Crippen LogP contribution >= 0.6 is 11.6 Å². The molecule has 0 fully saturated rings. The van der Waals surface area contributed by atoms with Crippen LogP contribution in [0.25, 0.3) is 16.9 Å². The number of benzene rings is 3. The van der Waals surface area contributed by atoms with Gasteiger partial charge in [0, 0.05) is 41.6 Å². The Balaban J connectivity index is 1.47. The minimum Gasteiger partial charge on any atom is -0.468 e. The average Bonchev–Trinajstić information content (AvgIpc) is 3.46. The zero-order valence-electron chi connectivity index (χ0n) is 26.5. The number of carbonyl (C=O) groups is 3. The normalized spacial score (nSPS) is 11.7. The van der Waals surface area contributed by atoms with Gasteiger partial charge in [-0.2, -0.15) is 0 Å². The number of imidazole rings is 1. The molecule has 0 aliphatic heterocycles. The van der Waals surface area contributed by atoms with E-state index in [0.717, 1.165) is 22.5 Å². The van der Waals surface area contributed by atoms with E-state index < -0.39 is 17.9 Å². The molecule has 0 saturated heterocycles. The number of aromatic nitrogens is 3. The molecule has 0 spiro atoms. The van der Waals surface area contributed by atoms with Gasteiger partial charge in [-0.15, -0.1) is 0 Å². The lowest BCUT2D eigenvalue weighted by molar-refractivity contribution is -0.141. The molecule has 242 valence electrons. The second-order valence-corrected chi connectivity index (χ2v) is 12.0. The monoisotopic (exact) mass is 652 g/mol. The molecule has 5 rings (SSSR count). The molecule has 2 N–H and O–H groups in total. The van der Waals surface area contributed by atoms with Gasteiger partial charge in [0.25, 0.3) is 5.91 Å². The van der Waals surface area contributed by atoms with E-state index in [1.54, 1.807) is 42.7 Å². The Morgan fingerprint density at radius 3 is 2.43 bits per heavy atom. The van der Waals surface area contributed by atoms with E-state index in [0.29, 0.717) is 34.9 Å². The highest BCUT2D eigenvalue weighted by molar-refractivity contribution is 6.30. The molecule has 0 saturated carbocycles. The van der Waals surface area contributed by atoms with Gasteiger partial charge in [-0.25, -0.2) is 4.98 Å². The van der Waals surface area contributed by atoms with Crippen molar-refractivity contribution in [2.75, 3.05) is 19.0 Å². The Morgan fingerprint density at radius 2 is 1.72 bits per heavy atom. The summed E-state index contributed by atoms with van der Waals surface area (Å²) in [5.41, 5.74) is 4.48. The van der Waals surface area contributed by atoms with Gasteiger partial charge in [0.15, 0.2) is 5.65 Å². The molecule has 0 radical (unpaired) electrons. The van der Waals surface area contributed by atoms with E-state index in [1.165, 1.54) is 12.0 Å². The predicted molar refractivity (Wildman–Crippen MR) is 182 cm³/mol. The van der Waals surface area contributed by atoms with Gasteiger partial charge in [-0.3, -0.25) is 23.8 Å². The number of amides is 2. The summed E-state index contributed by atoms with van der Waals surface area (Å²) < 4.78 is 6.64. The van der Waals surface area contributed by atoms with Crippen molar-refractivity contribution in [1.29, 1.82) is 0 Å². The number of ether oxygens (including phenoxy) is 1. The van der Waals surface area contributed by atoms with Crippen LogP contribution in [0, 0.1) is 5.92 Å². The second kappa shape index (κ2) is 15.4. The number of methoxy groups -OCH3 is 1. The highest BCUT2D eigenvalue weighted by Gasteiger charge is 2.32. The van der Waals surface area contributed by atoms with Crippen LogP contribution in [0.5, 0.6) is 0 Å². The largest absolute Gasteiger partial charge is 0.468 e. The molecular formula is C36H37ClN6O4. The summed E-state index contributed by atoms with van der Waals surface area (Å²) >= 11 is 6.28. The van der Waals surface area contributed by atoms with Crippen molar-refractivity contribution in [3.8, 4) is 11.3 Å². The molecular weight excluding hydrogens is 616 g/mol. The fraction of sp³-hybridized carbons (Fsp3) is 0.250. The number of carbonyl (C=O) groups excluding carboxylic acids is 3. The van der Waals surface area contributed by atoms with Gasteiger partial charge in [0.2, 0.25) is 5.91 Å². The molecule has 2 heterocycles. The lowest BCUT2D eigenvalue weighted by Crippen LogP contribution is -2.50. The van der Waals surface area contributed by atoms with E-state index in [2.05, 4.69) is 27.8 Å². The third kappa shape index (κ3) is 8.33. The summed E-state index contributed by atoms with van der Waals surface area (Å²) in [4.78, 5) is 50.2.